The Hall–Kier alpha value is -0.330. The lowest BCUT2D eigenvalue weighted by atomic mass is 9.69. The van der Waals surface area contributed by atoms with Crippen LogP contribution < -0.4 is 0 Å². The number of carbonyl (C=O) groups excluding carboxylic acids is 1. The first-order chi connectivity index (χ1) is 5.41. The van der Waals surface area contributed by atoms with Gasteiger partial charge in [0.25, 0.3) is 0 Å². The molecule has 70 valence electrons. The summed E-state index contributed by atoms with van der Waals surface area (Å²) in [5.74, 6) is 1.54. The Labute approximate surface area is 75.5 Å². The van der Waals surface area contributed by atoms with E-state index in [9.17, 15) is 4.79 Å². The van der Waals surface area contributed by atoms with E-state index in [1.54, 1.807) is 0 Å². The third kappa shape index (κ3) is 2.09. The Morgan fingerprint density at radius 1 is 1.33 bits per heavy atom. The molecule has 1 saturated carbocycles. The highest BCUT2D eigenvalue weighted by Crippen LogP contribution is 2.37. The van der Waals surface area contributed by atoms with Gasteiger partial charge in [0.05, 0.1) is 0 Å². The van der Waals surface area contributed by atoms with Crippen molar-refractivity contribution in [3.63, 3.8) is 0 Å². The molecule has 1 aliphatic rings. The molecule has 0 N–H and O–H groups in total. The van der Waals surface area contributed by atoms with E-state index in [1.807, 2.05) is 0 Å². The van der Waals surface area contributed by atoms with E-state index in [0.29, 0.717) is 11.7 Å². The van der Waals surface area contributed by atoms with E-state index in [4.69, 9.17) is 0 Å². The predicted molar refractivity (Wildman–Crippen MR) is 51.0 cm³/mol. The zero-order valence-electron chi connectivity index (χ0n) is 8.68. The van der Waals surface area contributed by atoms with Crippen LogP contribution in [0.2, 0.25) is 0 Å². The average molecular weight is 168 g/mol. The van der Waals surface area contributed by atoms with Crippen molar-refractivity contribution in [1.82, 2.24) is 0 Å². The molecule has 0 amide bonds. The molecule has 0 saturated heterocycles. The molecule has 12 heavy (non-hydrogen) atoms. The van der Waals surface area contributed by atoms with E-state index < -0.39 is 0 Å². The van der Waals surface area contributed by atoms with Crippen LogP contribution in [0.15, 0.2) is 0 Å². The molecule has 0 spiro atoms. The van der Waals surface area contributed by atoms with Gasteiger partial charge in [-0.3, -0.25) is 4.79 Å². The lowest BCUT2D eigenvalue weighted by molar-refractivity contribution is -0.129. The smallest absolute Gasteiger partial charge is 0.136 e. The van der Waals surface area contributed by atoms with Crippen LogP contribution in [-0.2, 0) is 4.79 Å². The molecule has 1 aliphatic carbocycles. The molecule has 0 aliphatic heterocycles. The van der Waals surface area contributed by atoms with Crippen molar-refractivity contribution in [2.75, 3.05) is 0 Å². The molecule has 0 aromatic carbocycles. The van der Waals surface area contributed by atoms with Crippen LogP contribution in [0, 0.1) is 17.3 Å². The van der Waals surface area contributed by atoms with Crippen LogP contribution in [0.25, 0.3) is 0 Å². The molecule has 0 aromatic heterocycles. The topological polar surface area (TPSA) is 17.1 Å². The standard InChI is InChI=1S/C11H20O/c1-8-5-6-10(12)9(7-8)11(2,3)4/h8-9H,5-7H2,1-4H3/t8-,9-/m0/s1. The van der Waals surface area contributed by atoms with Gasteiger partial charge in [0, 0.05) is 12.3 Å². The van der Waals surface area contributed by atoms with E-state index in [0.717, 1.165) is 25.2 Å². The minimum Gasteiger partial charge on any atom is -0.299 e. The largest absolute Gasteiger partial charge is 0.299 e. The second-order valence-corrected chi connectivity index (χ2v) is 5.26. The van der Waals surface area contributed by atoms with Crippen LogP contribution in [0.1, 0.15) is 47.0 Å². The fourth-order valence-corrected chi connectivity index (χ4v) is 2.05. The van der Waals surface area contributed by atoms with Gasteiger partial charge in [-0.25, -0.2) is 0 Å². The Kier molecular flexibility index (Phi) is 2.60. The fourth-order valence-electron chi connectivity index (χ4n) is 2.05. The quantitative estimate of drug-likeness (QED) is 0.543. The number of Topliss-reactive ketones (excluding diaryl/α,β-unsaturated/α-hetero) is 1. The first kappa shape index (κ1) is 9.76. The van der Waals surface area contributed by atoms with Crippen molar-refractivity contribution in [2.24, 2.45) is 17.3 Å². The summed E-state index contributed by atoms with van der Waals surface area (Å²) in [7, 11) is 0. The highest BCUT2D eigenvalue weighted by Gasteiger charge is 2.34. The average Bonchev–Trinajstić information content (AvgIpc) is 1.92. The Morgan fingerprint density at radius 2 is 1.92 bits per heavy atom. The first-order valence-corrected chi connectivity index (χ1v) is 4.94. The van der Waals surface area contributed by atoms with Gasteiger partial charge < -0.3 is 0 Å². The summed E-state index contributed by atoms with van der Waals surface area (Å²) in [4.78, 5) is 11.6. The first-order valence-electron chi connectivity index (χ1n) is 4.94. The number of carbonyl (C=O) groups is 1. The Balaban J connectivity index is 2.68. The maximum absolute atomic E-state index is 11.6. The van der Waals surface area contributed by atoms with E-state index in [-0.39, 0.29) is 5.41 Å². The van der Waals surface area contributed by atoms with Crippen molar-refractivity contribution in [3.8, 4) is 0 Å². The van der Waals surface area contributed by atoms with Gasteiger partial charge in [0.15, 0.2) is 0 Å². The van der Waals surface area contributed by atoms with Crippen LogP contribution in [0.4, 0.5) is 0 Å². The summed E-state index contributed by atoms with van der Waals surface area (Å²) in [6.07, 6.45) is 3.01. The van der Waals surface area contributed by atoms with Crippen molar-refractivity contribution in [3.05, 3.63) is 0 Å². The zero-order chi connectivity index (χ0) is 9.35. The van der Waals surface area contributed by atoms with Gasteiger partial charge in [-0.05, 0) is 24.2 Å². The van der Waals surface area contributed by atoms with Gasteiger partial charge in [-0.2, -0.15) is 0 Å². The normalized spacial score (nSPS) is 32.2. The number of hydrogen-bond acceptors (Lipinski definition) is 1. The summed E-state index contributed by atoms with van der Waals surface area (Å²) in [6, 6.07) is 0. The van der Waals surface area contributed by atoms with Gasteiger partial charge in [-0.1, -0.05) is 27.7 Å². The molecule has 0 aromatic rings. The molecular formula is C11H20O. The molecule has 0 unspecified atom stereocenters. The van der Waals surface area contributed by atoms with Crippen LogP contribution in [-0.4, -0.2) is 5.78 Å². The Morgan fingerprint density at radius 3 is 2.33 bits per heavy atom. The van der Waals surface area contributed by atoms with Gasteiger partial charge in [0.2, 0.25) is 0 Å². The van der Waals surface area contributed by atoms with E-state index in [2.05, 4.69) is 27.7 Å². The SMILES string of the molecule is C[C@H]1CCC(=O)[C@@H](C(C)(C)C)C1. The minimum atomic E-state index is 0.172. The summed E-state index contributed by atoms with van der Waals surface area (Å²) in [5.41, 5.74) is 0.172. The molecule has 1 nitrogen and oxygen atoms in total. The highest BCUT2D eigenvalue weighted by molar-refractivity contribution is 5.82. The van der Waals surface area contributed by atoms with Crippen LogP contribution in [0.3, 0.4) is 0 Å². The summed E-state index contributed by atoms with van der Waals surface area (Å²) >= 11 is 0. The van der Waals surface area contributed by atoms with Crippen LogP contribution >= 0.6 is 0 Å². The van der Waals surface area contributed by atoms with Crippen LogP contribution in [0.5, 0.6) is 0 Å². The third-order valence-electron chi connectivity index (χ3n) is 2.96. The van der Waals surface area contributed by atoms with E-state index in [1.165, 1.54) is 0 Å². The Bertz CT molecular complexity index is 176. The van der Waals surface area contributed by atoms with Crippen molar-refractivity contribution >= 4 is 5.78 Å². The highest BCUT2D eigenvalue weighted by atomic mass is 16.1. The molecular weight excluding hydrogens is 148 g/mol. The molecule has 1 heteroatoms. The predicted octanol–water partition coefficient (Wildman–Crippen LogP) is 3.04. The second-order valence-electron chi connectivity index (χ2n) is 5.26. The monoisotopic (exact) mass is 168 g/mol. The molecule has 1 rings (SSSR count). The third-order valence-corrected chi connectivity index (χ3v) is 2.96. The number of hydrogen-bond donors (Lipinski definition) is 0. The fraction of sp³-hybridized carbons (Fsp3) is 0.909. The number of ketones is 1. The molecule has 2 atom stereocenters. The maximum atomic E-state index is 11.6. The van der Waals surface area contributed by atoms with E-state index >= 15 is 0 Å². The summed E-state index contributed by atoms with van der Waals surface area (Å²) in [6.45, 7) is 8.78. The second kappa shape index (κ2) is 3.20. The summed E-state index contributed by atoms with van der Waals surface area (Å²) in [5, 5.41) is 0. The lowest BCUT2D eigenvalue weighted by Gasteiger charge is -2.35. The lowest BCUT2D eigenvalue weighted by Crippen LogP contribution is -2.33. The molecule has 0 heterocycles. The van der Waals surface area contributed by atoms with Crippen molar-refractivity contribution < 1.29 is 4.79 Å². The molecule has 0 radical (unpaired) electrons. The van der Waals surface area contributed by atoms with Gasteiger partial charge in [-0.15, -0.1) is 0 Å². The van der Waals surface area contributed by atoms with Crippen molar-refractivity contribution in [1.29, 1.82) is 0 Å². The zero-order valence-corrected chi connectivity index (χ0v) is 8.68. The molecule has 1 fully saturated rings. The number of rotatable bonds is 0. The summed E-state index contributed by atoms with van der Waals surface area (Å²) < 4.78 is 0. The van der Waals surface area contributed by atoms with Crippen molar-refractivity contribution in [2.45, 2.75) is 47.0 Å². The minimum absolute atomic E-state index is 0.172. The molecule has 0 bridgehead atoms. The maximum Gasteiger partial charge on any atom is 0.136 e. The van der Waals surface area contributed by atoms with Gasteiger partial charge >= 0.3 is 0 Å². The van der Waals surface area contributed by atoms with Gasteiger partial charge in [0.1, 0.15) is 5.78 Å².